The molecule has 0 saturated heterocycles. The van der Waals surface area contributed by atoms with Crippen molar-refractivity contribution in [2.75, 3.05) is 13.2 Å². The molecular formula is C51H88O6. The Labute approximate surface area is 351 Å². The Morgan fingerprint density at radius 2 is 0.684 bits per heavy atom. The number of unbranched alkanes of at least 4 members (excludes halogenated alkanes) is 21. The molecule has 0 N–H and O–H groups in total. The number of allylic oxidation sites excluding steroid dienone is 10. The summed E-state index contributed by atoms with van der Waals surface area (Å²) < 4.78 is 16.7. The molecule has 6 heteroatoms. The fourth-order valence-electron chi connectivity index (χ4n) is 6.45. The smallest absolute Gasteiger partial charge is 0.306 e. The highest BCUT2D eigenvalue weighted by Gasteiger charge is 2.19. The van der Waals surface area contributed by atoms with Crippen LogP contribution in [0.4, 0.5) is 0 Å². The third kappa shape index (κ3) is 44.1. The fraction of sp³-hybridized carbons (Fsp3) is 0.745. The minimum atomic E-state index is -0.792. The van der Waals surface area contributed by atoms with E-state index in [1.54, 1.807) is 0 Å². The number of hydrogen-bond acceptors (Lipinski definition) is 6. The zero-order valence-electron chi connectivity index (χ0n) is 37.3. The maximum Gasteiger partial charge on any atom is 0.306 e. The van der Waals surface area contributed by atoms with Crippen molar-refractivity contribution in [2.45, 2.75) is 232 Å². The van der Waals surface area contributed by atoms with Gasteiger partial charge in [0, 0.05) is 19.3 Å². The second-order valence-corrected chi connectivity index (χ2v) is 15.6. The molecule has 328 valence electrons. The Balaban J connectivity index is 4.38. The van der Waals surface area contributed by atoms with Crippen LogP contribution in [0.15, 0.2) is 60.8 Å². The first-order chi connectivity index (χ1) is 28.0. The van der Waals surface area contributed by atoms with E-state index < -0.39 is 6.10 Å². The average Bonchev–Trinajstić information content (AvgIpc) is 3.21. The number of ether oxygens (including phenoxy) is 3. The lowest BCUT2D eigenvalue weighted by Gasteiger charge is -2.18. The lowest BCUT2D eigenvalue weighted by atomic mass is 10.1. The maximum absolute atomic E-state index is 12.7. The highest BCUT2D eigenvalue weighted by atomic mass is 16.6. The van der Waals surface area contributed by atoms with Gasteiger partial charge in [-0.2, -0.15) is 0 Å². The molecular weight excluding hydrogens is 709 g/mol. The summed E-state index contributed by atoms with van der Waals surface area (Å²) in [6.07, 6.45) is 55.0. The second-order valence-electron chi connectivity index (χ2n) is 15.6. The number of carbonyl (C=O) groups excluding carboxylic acids is 3. The highest BCUT2D eigenvalue weighted by molar-refractivity contribution is 5.71. The molecule has 57 heavy (non-hydrogen) atoms. The van der Waals surface area contributed by atoms with Gasteiger partial charge in [-0.3, -0.25) is 14.4 Å². The van der Waals surface area contributed by atoms with Crippen molar-refractivity contribution >= 4 is 17.9 Å². The van der Waals surface area contributed by atoms with Gasteiger partial charge in [0.05, 0.1) is 0 Å². The molecule has 0 aromatic heterocycles. The molecule has 0 aliphatic heterocycles. The Kier molecular flexibility index (Phi) is 43.5. The van der Waals surface area contributed by atoms with Crippen molar-refractivity contribution in [1.29, 1.82) is 0 Å². The molecule has 0 fully saturated rings. The number of carbonyl (C=O) groups is 3. The molecule has 1 unspecified atom stereocenters. The third-order valence-electron chi connectivity index (χ3n) is 9.99. The van der Waals surface area contributed by atoms with Crippen LogP contribution in [0.3, 0.4) is 0 Å². The number of rotatable bonds is 42. The van der Waals surface area contributed by atoms with Crippen molar-refractivity contribution in [3.05, 3.63) is 60.8 Å². The molecule has 0 aliphatic rings. The zero-order chi connectivity index (χ0) is 41.5. The first-order valence-corrected chi connectivity index (χ1v) is 23.8. The van der Waals surface area contributed by atoms with Gasteiger partial charge >= 0.3 is 17.9 Å². The van der Waals surface area contributed by atoms with Crippen LogP contribution in [0.25, 0.3) is 0 Å². The van der Waals surface area contributed by atoms with Gasteiger partial charge in [-0.25, -0.2) is 0 Å². The zero-order valence-corrected chi connectivity index (χ0v) is 37.3. The molecule has 0 aliphatic carbocycles. The van der Waals surface area contributed by atoms with Crippen LogP contribution in [-0.2, 0) is 28.6 Å². The lowest BCUT2D eigenvalue weighted by molar-refractivity contribution is -0.167. The SMILES string of the molecule is CC/C=C\C/C=C\CCCCCCCCCC(=O)OC(COC(=O)CCCC/C=C\C/C=C\CC)COC(=O)CCCCCCC/C=C\CCCCCCCCC. The minimum absolute atomic E-state index is 0.0923. The first kappa shape index (κ1) is 54.1. The van der Waals surface area contributed by atoms with Crippen LogP contribution in [0, 0.1) is 0 Å². The summed E-state index contributed by atoms with van der Waals surface area (Å²) in [6.45, 7) is 6.35. The molecule has 0 amide bonds. The molecule has 0 heterocycles. The van der Waals surface area contributed by atoms with Crippen LogP contribution in [0.2, 0.25) is 0 Å². The van der Waals surface area contributed by atoms with Gasteiger partial charge in [-0.15, -0.1) is 0 Å². The van der Waals surface area contributed by atoms with Gasteiger partial charge in [0.2, 0.25) is 0 Å². The molecule has 0 saturated carbocycles. The van der Waals surface area contributed by atoms with E-state index in [9.17, 15) is 14.4 Å². The summed E-state index contributed by atoms with van der Waals surface area (Å²) >= 11 is 0. The van der Waals surface area contributed by atoms with Crippen molar-refractivity contribution < 1.29 is 28.6 Å². The second kappa shape index (κ2) is 45.8. The monoisotopic (exact) mass is 797 g/mol. The van der Waals surface area contributed by atoms with Gasteiger partial charge < -0.3 is 14.2 Å². The quantitative estimate of drug-likeness (QED) is 0.0265. The molecule has 1 atom stereocenters. The fourth-order valence-corrected chi connectivity index (χ4v) is 6.45. The Hall–Kier alpha value is -2.89. The average molecular weight is 797 g/mol. The Morgan fingerprint density at radius 3 is 1.11 bits per heavy atom. The molecule has 0 bridgehead atoms. The summed E-state index contributed by atoms with van der Waals surface area (Å²) in [6, 6.07) is 0. The van der Waals surface area contributed by atoms with Crippen LogP contribution in [0.5, 0.6) is 0 Å². The van der Waals surface area contributed by atoms with E-state index in [-0.39, 0.29) is 31.1 Å². The standard InChI is InChI=1S/C51H88O6/c1-4-7-10-13-16-19-21-23-25-26-28-29-32-35-38-41-44-50(53)56-47-48(46-55-49(52)43-40-37-34-31-18-15-12-9-6-3)57-51(54)45-42-39-36-33-30-27-24-22-20-17-14-11-8-5-2/h8-9,11-12,17-18,20,25-26,31,48H,4-7,10,13-16,19,21-24,27-30,32-47H2,1-3H3/b11-8-,12-9-,20-17-,26-25-,31-18-. The normalized spacial score (nSPS) is 12.5. The molecule has 0 aromatic rings. The van der Waals surface area contributed by atoms with Crippen LogP contribution >= 0.6 is 0 Å². The highest BCUT2D eigenvalue weighted by Crippen LogP contribution is 2.14. The predicted molar refractivity (Wildman–Crippen MR) is 242 cm³/mol. The number of esters is 3. The molecule has 0 spiro atoms. The first-order valence-electron chi connectivity index (χ1n) is 23.8. The molecule has 6 nitrogen and oxygen atoms in total. The van der Waals surface area contributed by atoms with E-state index in [1.807, 2.05) is 0 Å². The lowest BCUT2D eigenvalue weighted by Crippen LogP contribution is -2.30. The van der Waals surface area contributed by atoms with Crippen LogP contribution in [0.1, 0.15) is 226 Å². The minimum Gasteiger partial charge on any atom is -0.462 e. The summed E-state index contributed by atoms with van der Waals surface area (Å²) in [5.74, 6) is -0.948. The van der Waals surface area contributed by atoms with E-state index >= 15 is 0 Å². The largest absolute Gasteiger partial charge is 0.462 e. The van der Waals surface area contributed by atoms with Crippen LogP contribution in [-0.4, -0.2) is 37.2 Å². The van der Waals surface area contributed by atoms with Crippen LogP contribution < -0.4 is 0 Å². The summed E-state index contributed by atoms with van der Waals surface area (Å²) in [7, 11) is 0. The molecule has 0 rings (SSSR count). The van der Waals surface area contributed by atoms with Gasteiger partial charge in [-0.05, 0) is 96.3 Å². The Morgan fingerprint density at radius 1 is 0.368 bits per heavy atom. The number of hydrogen-bond donors (Lipinski definition) is 0. The summed E-state index contributed by atoms with van der Waals surface area (Å²) in [5.41, 5.74) is 0. The van der Waals surface area contributed by atoms with E-state index in [1.165, 1.54) is 89.9 Å². The maximum atomic E-state index is 12.7. The van der Waals surface area contributed by atoms with Gasteiger partial charge in [0.25, 0.3) is 0 Å². The van der Waals surface area contributed by atoms with Crippen molar-refractivity contribution in [3.63, 3.8) is 0 Å². The predicted octanol–water partition coefficient (Wildman–Crippen LogP) is 15.3. The van der Waals surface area contributed by atoms with Gasteiger partial charge in [-0.1, -0.05) is 171 Å². The van der Waals surface area contributed by atoms with Crippen molar-refractivity contribution in [3.8, 4) is 0 Å². The van der Waals surface area contributed by atoms with E-state index in [0.717, 1.165) is 96.3 Å². The van der Waals surface area contributed by atoms with E-state index in [0.29, 0.717) is 19.3 Å². The topological polar surface area (TPSA) is 78.9 Å². The summed E-state index contributed by atoms with van der Waals surface area (Å²) in [5, 5.41) is 0. The Bertz CT molecular complexity index is 1050. The van der Waals surface area contributed by atoms with E-state index in [4.69, 9.17) is 14.2 Å². The van der Waals surface area contributed by atoms with E-state index in [2.05, 4.69) is 81.5 Å². The third-order valence-corrected chi connectivity index (χ3v) is 9.99. The molecule has 0 radical (unpaired) electrons. The van der Waals surface area contributed by atoms with Gasteiger partial charge in [0.15, 0.2) is 6.10 Å². The van der Waals surface area contributed by atoms with Crippen molar-refractivity contribution in [2.24, 2.45) is 0 Å². The summed E-state index contributed by atoms with van der Waals surface area (Å²) in [4.78, 5) is 37.7. The molecule has 0 aromatic carbocycles. The van der Waals surface area contributed by atoms with Crippen molar-refractivity contribution in [1.82, 2.24) is 0 Å². The van der Waals surface area contributed by atoms with Gasteiger partial charge in [0.1, 0.15) is 13.2 Å².